The number of hydrogen-bond donors (Lipinski definition) is 2. The maximum Gasteiger partial charge on any atom is 0.358 e. The van der Waals surface area contributed by atoms with Gasteiger partial charge in [-0.3, -0.25) is 19.8 Å². The number of aliphatic hydroxyl groups is 1. The number of rotatable bonds is 4. The number of β-lactam (4-membered cyclic amide) rings is 1. The minimum Gasteiger partial charge on any atom is -0.509 e. The number of fused-ring (bicyclic) bond motifs is 1. The van der Waals surface area contributed by atoms with Crippen molar-refractivity contribution in [1.29, 1.82) is 0 Å². The van der Waals surface area contributed by atoms with Crippen LogP contribution < -0.4 is 5.73 Å². The Bertz CT molecular complexity index is 771. The number of aliphatic hydroxyl groups excluding tert-OH is 1. The number of para-hydroxylation sites is 1. The molecule has 3 rings (SSSR count). The van der Waals surface area contributed by atoms with Gasteiger partial charge < -0.3 is 15.6 Å². The summed E-state index contributed by atoms with van der Waals surface area (Å²) in [5.41, 5.74) is 5.45. The lowest BCUT2D eigenvalue weighted by molar-refractivity contribution is -0.385. The van der Waals surface area contributed by atoms with E-state index in [2.05, 4.69) is 0 Å². The summed E-state index contributed by atoms with van der Waals surface area (Å²) >= 11 is 1.25. The lowest BCUT2D eigenvalue weighted by Gasteiger charge is -2.47. The maximum atomic E-state index is 12.3. The fourth-order valence-electron chi connectivity index (χ4n) is 2.51. The SMILES string of the molecule is Cl.NC1C(=O)N2C(C(=O)OCc3ccccc3[N+](=O)[O-])=C(O)CS[C@H]12. The summed E-state index contributed by atoms with van der Waals surface area (Å²) in [7, 11) is 0. The van der Waals surface area contributed by atoms with Crippen LogP contribution in [-0.4, -0.2) is 44.0 Å². The van der Waals surface area contributed by atoms with Gasteiger partial charge in [0.1, 0.15) is 23.8 Å². The van der Waals surface area contributed by atoms with Gasteiger partial charge in [0.05, 0.1) is 16.2 Å². The molecule has 0 saturated carbocycles. The summed E-state index contributed by atoms with van der Waals surface area (Å²) in [6, 6.07) is 5.12. The van der Waals surface area contributed by atoms with Crippen LogP contribution in [0.1, 0.15) is 5.56 Å². The number of nitro benzene ring substituents is 1. The Morgan fingerprint density at radius 3 is 2.84 bits per heavy atom. The number of hydrogen-bond acceptors (Lipinski definition) is 8. The molecule has 2 aliphatic rings. The summed E-state index contributed by atoms with van der Waals surface area (Å²) in [5.74, 6) is -1.53. The molecule has 3 N–H and O–H groups in total. The highest BCUT2D eigenvalue weighted by molar-refractivity contribution is 8.00. The van der Waals surface area contributed by atoms with Gasteiger partial charge in [0.2, 0.25) is 5.91 Å². The Hall–Kier alpha value is -2.30. The lowest BCUT2D eigenvalue weighted by atomic mass is 10.1. The quantitative estimate of drug-likeness (QED) is 0.339. The van der Waals surface area contributed by atoms with Gasteiger partial charge in [-0.25, -0.2) is 4.79 Å². The molecule has 0 aromatic heterocycles. The molecule has 1 amide bonds. The van der Waals surface area contributed by atoms with Crippen molar-refractivity contribution in [2.24, 2.45) is 5.73 Å². The first kappa shape index (κ1) is 19.0. The van der Waals surface area contributed by atoms with E-state index in [0.29, 0.717) is 0 Å². The molecule has 2 aliphatic heterocycles. The van der Waals surface area contributed by atoms with E-state index in [9.17, 15) is 24.8 Å². The summed E-state index contributed by atoms with van der Waals surface area (Å²) < 4.78 is 5.06. The standard InChI is InChI=1S/C14H13N3O6S.ClH/c15-10-12(19)16-11(9(18)6-24-13(10)16)14(20)23-5-7-3-1-2-4-8(7)17(21)22;/h1-4,10,13,18H,5-6,15H2;1H/t10?,13-;/m1./s1. The number of thioether (sulfide) groups is 1. The van der Waals surface area contributed by atoms with Crippen LogP contribution in [0.2, 0.25) is 0 Å². The summed E-state index contributed by atoms with van der Waals surface area (Å²) in [6.45, 7) is -0.349. The van der Waals surface area contributed by atoms with Crippen LogP contribution in [-0.2, 0) is 20.9 Å². The van der Waals surface area contributed by atoms with E-state index in [1.165, 1.54) is 30.0 Å². The van der Waals surface area contributed by atoms with E-state index in [1.54, 1.807) is 6.07 Å². The third-order valence-corrected chi connectivity index (χ3v) is 5.02. The molecule has 0 spiro atoms. The number of carbonyl (C=O) groups is 2. The van der Waals surface area contributed by atoms with Crippen LogP contribution in [0.15, 0.2) is 35.7 Å². The number of nitrogens with two attached hydrogens (primary N) is 1. The number of halogens is 1. The molecular formula is C14H14ClN3O6S. The second-order valence-electron chi connectivity index (χ2n) is 5.19. The second kappa shape index (κ2) is 7.30. The highest BCUT2D eigenvalue weighted by Crippen LogP contribution is 2.39. The molecule has 9 nitrogen and oxygen atoms in total. The number of nitrogens with zero attached hydrogens (tertiary/aromatic N) is 2. The van der Waals surface area contributed by atoms with Gasteiger partial charge in [-0.15, -0.1) is 24.2 Å². The fourth-order valence-corrected chi connectivity index (χ4v) is 3.66. The first-order valence-corrected chi connectivity index (χ1v) is 7.98. The molecule has 0 aliphatic carbocycles. The predicted molar refractivity (Wildman–Crippen MR) is 90.9 cm³/mol. The van der Waals surface area contributed by atoms with E-state index in [-0.39, 0.29) is 47.5 Å². The molecule has 1 aromatic rings. The van der Waals surface area contributed by atoms with Crippen molar-refractivity contribution in [3.05, 3.63) is 51.4 Å². The number of benzene rings is 1. The summed E-state index contributed by atoms with van der Waals surface area (Å²) in [6.07, 6.45) is 0. The lowest BCUT2D eigenvalue weighted by Crippen LogP contribution is -2.68. The predicted octanol–water partition coefficient (Wildman–Crippen LogP) is 1.07. The van der Waals surface area contributed by atoms with Crippen LogP contribution in [0, 0.1) is 10.1 Å². The first-order valence-electron chi connectivity index (χ1n) is 6.93. The largest absolute Gasteiger partial charge is 0.509 e. The Kier molecular flexibility index (Phi) is 5.55. The Labute approximate surface area is 152 Å². The zero-order valence-corrected chi connectivity index (χ0v) is 14.3. The van der Waals surface area contributed by atoms with Gasteiger partial charge in [0.15, 0.2) is 5.70 Å². The van der Waals surface area contributed by atoms with Gasteiger partial charge >= 0.3 is 5.97 Å². The second-order valence-corrected chi connectivity index (χ2v) is 6.30. The number of esters is 1. The average Bonchev–Trinajstić information content (AvgIpc) is 2.58. The summed E-state index contributed by atoms with van der Waals surface area (Å²) in [4.78, 5) is 35.5. The van der Waals surface area contributed by atoms with E-state index in [1.807, 2.05) is 0 Å². The van der Waals surface area contributed by atoms with Gasteiger partial charge in [-0.05, 0) is 6.07 Å². The normalized spacial score (nSPS) is 21.8. The molecule has 2 heterocycles. The van der Waals surface area contributed by atoms with E-state index in [4.69, 9.17) is 10.5 Å². The van der Waals surface area contributed by atoms with Crippen LogP contribution in [0.25, 0.3) is 0 Å². The molecule has 1 saturated heterocycles. The minimum atomic E-state index is -0.920. The van der Waals surface area contributed by atoms with E-state index in [0.717, 1.165) is 4.90 Å². The van der Waals surface area contributed by atoms with E-state index < -0.39 is 28.2 Å². The van der Waals surface area contributed by atoms with Crippen molar-refractivity contribution in [2.75, 3.05) is 5.75 Å². The number of ether oxygens (including phenoxy) is 1. The van der Waals surface area contributed by atoms with Gasteiger partial charge in [-0.2, -0.15) is 0 Å². The molecule has 2 atom stereocenters. The van der Waals surface area contributed by atoms with Crippen molar-refractivity contribution in [1.82, 2.24) is 4.90 Å². The molecule has 0 radical (unpaired) electrons. The average molecular weight is 388 g/mol. The fraction of sp³-hybridized carbons (Fsp3) is 0.286. The number of amides is 1. The maximum absolute atomic E-state index is 12.3. The molecular weight excluding hydrogens is 374 g/mol. The third-order valence-electron chi connectivity index (χ3n) is 3.73. The van der Waals surface area contributed by atoms with E-state index >= 15 is 0 Å². The number of carbonyl (C=O) groups excluding carboxylic acids is 2. The van der Waals surface area contributed by atoms with Crippen LogP contribution in [0.3, 0.4) is 0 Å². The molecule has 0 bridgehead atoms. The molecule has 25 heavy (non-hydrogen) atoms. The third kappa shape index (κ3) is 3.28. The van der Waals surface area contributed by atoms with Crippen molar-refractivity contribution in [3.63, 3.8) is 0 Å². The van der Waals surface area contributed by atoms with Crippen LogP contribution in [0.5, 0.6) is 0 Å². The number of nitro groups is 1. The topological polar surface area (TPSA) is 136 Å². The Morgan fingerprint density at radius 1 is 1.48 bits per heavy atom. The highest BCUT2D eigenvalue weighted by atomic mass is 35.5. The summed E-state index contributed by atoms with van der Waals surface area (Å²) in [5, 5.41) is 20.5. The molecule has 1 fully saturated rings. The monoisotopic (exact) mass is 387 g/mol. The highest BCUT2D eigenvalue weighted by Gasteiger charge is 2.52. The van der Waals surface area contributed by atoms with Gasteiger partial charge in [-0.1, -0.05) is 12.1 Å². The Balaban J connectivity index is 0.00000225. The van der Waals surface area contributed by atoms with Crippen molar-refractivity contribution in [3.8, 4) is 0 Å². The minimum absolute atomic E-state index is 0. The van der Waals surface area contributed by atoms with Gasteiger partial charge in [0.25, 0.3) is 5.69 Å². The molecule has 11 heteroatoms. The molecule has 134 valence electrons. The van der Waals surface area contributed by atoms with Crippen molar-refractivity contribution in [2.45, 2.75) is 18.0 Å². The van der Waals surface area contributed by atoms with Crippen molar-refractivity contribution >= 4 is 41.7 Å². The van der Waals surface area contributed by atoms with Crippen LogP contribution >= 0.6 is 24.2 Å². The smallest absolute Gasteiger partial charge is 0.358 e. The first-order chi connectivity index (χ1) is 11.4. The van der Waals surface area contributed by atoms with Crippen LogP contribution in [0.4, 0.5) is 5.69 Å². The molecule has 1 aromatic carbocycles. The zero-order chi connectivity index (χ0) is 17.4. The Morgan fingerprint density at radius 2 is 2.16 bits per heavy atom. The zero-order valence-electron chi connectivity index (χ0n) is 12.7. The van der Waals surface area contributed by atoms with Crippen molar-refractivity contribution < 1.29 is 24.4 Å². The van der Waals surface area contributed by atoms with Gasteiger partial charge in [0, 0.05) is 6.07 Å². The molecule has 1 unspecified atom stereocenters.